The van der Waals surface area contributed by atoms with Gasteiger partial charge in [0.05, 0.1) is 5.92 Å². The molecule has 1 amide bonds. The Kier molecular flexibility index (Phi) is 6.65. The molecule has 0 aromatic heterocycles. The van der Waals surface area contributed by atoms with Gasteiger partial charge in [0, 0.05) is 39.4 Å². The highest BCUT2D eigenvalue weighted by molar-refractivity contribution is 5.79. The molecule has 2 saturated heterocycles. The average Bonchev–Trinajstić information content (AvgIpc) is 2.69. The van der Waals surface area contributed by atoms with Crippen LogP contribution < -0.4 is 0 Å². The molecule has 4 heteroatoms. The van der Waals surface area contributed by atoms with Crippen LogP contribution in [0.2, 0.25) is 0 Å². The molecule has 1 aromatic carbocycles. The number of hydrogen-bond donors (Lipinski definition) is 0. The molecule has 3 rings (SSSR count). The van der Waals surface area contributed by atoms with Gasteiger partial charge in [0.1, 0.15) is 0 Å². The van der Waals surface area contributed by atoms with Crippen molar-refractivity contribution in [3.63, 3.8) is 0 Å². The lowest BCUT2D eigenvalue weighted by molar-refractivity contribution is -0.136. The maximum absolute atomic E-state index is 12.8. The summed E-state index contributed by atoms with van der Waals surface area (Å²) in [6, 6.07) is 10.8. The Hall–Kier alpha value is -1.65. The van der Waals surface area contributed by atoms with Gasteiger partial charge in [0.2, 0.25) is 5.91 Å². The van der Waals surface area contributed by atoms with E-state index in [0.29, 0.717) is 12.6 Å². The number of carbonyl (C=O) groups is 1. The number of piperidine rings is 1. The van der Waals surface area contributed by atoms with Crippen molar-refractivity contribution in [1.29, 1.82) is 0 Å². The Morgan fingerprint density at radius 3 is 2.76 bits per heavy atom. The zero-order chi connectivity index (χ0) is 17.5. The number of hydrogen-bond acceptors (Lipinski definition) is 3. The lowest BCUT2D eigenvalue weighted by Crippen LogP contribution is -2.49. The van der Waals surface area contributed by atoms with E-state index >= 15 is 0 Å². The van der Waals surface area contributed by atoms with E-state index < -0.39 is 0 Å². The second kappa shape index (κ2) is 9.16. The first-order valence-corrected chi connectivity index (χ1v) is 9.52. The standard InChI is InChI=1S/C21H30N2O2/c1-22(13-5-9-18-7-3-2-4-8-18)21(24)19-10-6-14-23(17-19)20-11-15-25-16-12-20/h2-5,7-9,19-20H,6,10-17H2,1H3/b9-5+. The van der Waals surface area contributed by atoms with Crippen molar-refractivity contribution in [2.45, 2.75) is 31.7 Å². The summed E-state index contributed by atoms with van der Waals surface area (Å²) < 4.78 is 5.47. The van der Waals surface area contributed by atoms with Crippen LogP contribution in [0, 0.1) is 5.92 Å². The maximum atomic E-state index is 12.8. The minimum Gasteiger partial charge on any atom is -0.381 e. The number of likely N-dealkylation sites (tertiary alicyclic amines) is 1. The monoisotopic (exact) mass is 342 g/mol. The van der Waals surface area contributed by atoms with Gasteiger partial charge in [-0.1, -0.05) is 42.5 Å². The molecular weight excluding hydrogens is 312 g/mol. The predicted octanol–water partition coefficient (Wildman–Crippen LogP) is 3.05. The van der Waals surface area contributed by atoms with E-state index in [4.69, 9.17) is 4.74 Å². The number of benzene rings is 1. The van der Waals surface area contributed by atoms with Gasteiger partial charge in [-0.3, -0.25) is 9.69 Å². The van der Waals surface area contributed by atoms with E-state index in [1.807, 2.05) is 30.1 Å². The molecule has 2 heterocycles. The van der Waals surface area contributed by atoms with Gasteiger partial charge in [-0.25, -0.2) is 0 Å². The van der Waals surface area contributed by atoms with Gasteiger partial charge in [0.25, 0.3) is 0 Å². The van der Waals surface area contributed by atoms with E-state index in [-0.39, 0.29) is 11.8 Å². The van der Waals surface area contributed by atoms with E-state index in [0.717, 1.165) is 52.0 Å². The second-order valence-corrected chi connectivity index (χ2v) is 7.21. The molecule has 0 saturated carbocycles. The Labute approximate surface area is 151 Å². The zero-order valence-corrected chi connectivity index (χ0v) is 15.3. The van der Waals surface area contributed by atoms with E-state index in [9.17, 15) is 4.79 Å². The Balaban J connectivity index is 1.49. The molecule has 0 bridgehead atoms. The van der Waals surface area contributed by atoms with Crippen LogP contribution in [0.1, 0.15) is 31.2 Å². The molecule has 0 N–H and O–H groups in total. The minimum absolute atomic E-state index is 0.145. The van der Waals surface area contributed by atoms with E-state index in [1.54, 1.807) is 0 Å². The third kappa shape index (κ3) is 5.16. The van der Waals surface area contributed by atoms with Crippen molar-refractivity contribution in [2.24, 2.45) is 5.92 Å². The van der Waals surface area contributed by atoms with Crippen LogP contribution >= 0.6 is 0 Å². The molecule has 0 spiro atoms. The topological polar surface area (TPSA) is 32.8 Å². The number of amides is 1. The van der Waals surface area contributed by atoms with Crippen LogP contribution in [-0.4, -0.2) is 61.6 Å². The van der Waals surface area contributed by atoms with Crippen LogP contribution in [0.25, 0.3) is 6.08 Å². The van der Waals surface area contributed by atoms with Crippen LogP contribution in [0.5, 0.6) is 0 Å². The van der Waals surface area contributed by atoms with Crippen LogP contribution in [0.3, 0.4) is 0 Å². The molecule has 0 aliphatic carbocycles. The van der Waals surface area contributed by atoms with Gasteiger partial charge in [-0.2, -0.15) is 0 Å². The fourth-order valence-corrected chi connectivity index (χ4v) is 3.90. The van der Waals surface area contributed by atoms with Gasteiger partial charge < -0.3 is 9.64 Å². The van der Waals surface area contributed by atoms with Crippen molar-refractivity contribution in [1.82, 2.24) is 9.80 Å². The summed E-state index contributed by atoms with van der Waals surface area (Å²) in [7, 11) is 1.92. The van der Waals surface area contributed by atoms with Gasteiger partial charge in [-0.15, -0.1) is 0 Å². The van der Waals surface area contributed by atoms with Gasteiger partial charge in [0.15, 0.2) is 0 Å². The van der Waals surface area contributed by atoms with Crippen molar-refractivity contribution in [3.05, 3.63) is 42.0 Å². The quantitative estimate of drug-likeness (QED) is 0.824. The number of likely N-dealkylation sites (N-methyl/N-ethyl adjacent to an activating group) is 1. The molecule has 25 heavy (non-hydrogen) atoms. The summed E-state index contributed by atoms with van der Waals surface area (Å²) in [6.07, 6.45) is 8.52. The normalized spacial score (nSPS) is 23.0. The Morgan fingerprint density at radius 2 is 2.00 bits per heavy atom. The zero-order valence-electron chi connectivity index (χ0n) is 15.3. The molecule has 2 fully saturated rings. The molecule has 2 aliphatic rings. The predicted molar refractivity (Wildman–Crippen MR) is 101 cm³/mol. The third-order valence-electron chi connectivity index (χ3n) is 5.37. The highest BCUT2D eigenvalue weighted by atomic mass is 16.5. The van der Waals surface area contributed by atoms with Gasteiger partial charge >= 0.3 is 0 Å². The number of nitrogens with zero attached hydrogens (tertiary/aromatic N) is 2. The molecule has 136 valence electrons. The molecule has 4 nitrogen and oxygen atoms in total. The minimum atomic E-state index is 0.145. The first-order chi connectivity index (χ1) is 12.2. The first-order valence-electron chi connectivity index (χ1n) is 9.52. The maximum Gasteiger partial charge on any atom is 0.226 e. The molecule has 0 radical (unpaired) electrons. The van der Waals surface area contributed by atoms with Crippen LogP contribution in [-0.2, 0) is 9.53 Å². The van der Waals surface area contributed by atoms with Crippen molar-refractivity contribution < 1.29 is 9.53 Å². The largest absolute Gasteiger partial charge is 0.381 e. The summed E-state index contributed by atoms with van der Waals surface area (Å²) in [5, 5.41) is 0. The second-order valence-electron chi connectivity index (χ2n) is 7.21. The lowest BCUT2D eigenvalue weighted by atomic mass is 9.93. The number of ether oxygens (including phenoxy) is 1. The molecule has 1 aromatic rings. The smallest absolute Gasteiger partial charge is 0.226 e. The highest BCUT2D eigenvalue weighted by Crippen LogP contribution is 2.24. The summed E-state index contributed by atoms with van der Waals surface area (Å²) >= 11 is 0. The fourth-order valence-electron chi connectivity index (χ4n) is 3.90. The molecular formula is C21H30N2O2. The summed E-state index contributed by atoms with van der Waals surface area (Å²) in [5.74, 6) is 0.432. The summed E-state index contributed by atoms with van der Waals surface area (Å²) in [6.45, 7) is 4.44. The number of carbonyl (C=O) groups excluding carboxylic acids is 1. The number of rotatable bonds is 5. The van der Waals surface area contributed by atoms with Crippen molar-refractivity contribution >= 4 is 12.0 Å². The summed E-state index contributed by atoms with van der Waals surface area (Å²) in [4.78, 5) is 17.2. The van der Waals surface area contributed by atoms with Crippen LogP contribution in [0.15, 0.2) is 36.4 Å². The van der Waals surface area contributed by atoms with Crippen molar-refractivity contribution in [3.8, 4) is 0 Å². The fraction of sp³-hybridized carbons (Fsp3) is 0.571. The van der Waals surface area contributed by atoms with E-state index in [2.05, 4.69) is 29.2 Å². The molecule has 2 aliphatic heterocycles. The third-order valence-corrected chi connectivity index (χ3v) is 5.37. The lowest BCUT2D eigenvalue weighted by Gasteiger charge is -2.40. The van der Waals surface area contributed by atoms with Crippen LogP contribution in [0.4, 0.5) is 0 Å². The van der Waals surface area contributed by atoms with Gasteiger partial charge in [-0.05, 0) is 37.8 Å². The SMILES string of the molecule is CN(C/C=C/c1ccccc1)C(=O)C1CCCN(C2CCOCC2)C1. The first kappa shape index (κ1) is 18.2. The molecule has 1 atom stereocenters. The Bertz CT molecular complexity index is 567. The average molecular weight is 342 g/mol. The van der Waals surface area contributed by atoms with Crippen molar-refractivity contribution in [2.75, 3.05) is 39.9 Å². The van der Waals surface area contributed by atoms with E-state index in [1.165, 1.54) is 5.56 Å². The summed E-state index contributed by atoms with van der Waals surface area (Å²) in [5.41, 5.74) is 1.17. The highest BCUT2D eigenvalue weighted by Gasteiger charge is 2.31. The molecule has 1 unspecified atom stereocenters. The Morgan fingerprint density at radius 1 is 1.24 bits per heavy atom.